The van der Waals surface area contributed by atoms with Gasteiger partial charge >= 0.3 is 6.01 Å². The molecule has 18 heavy (non-hydrogen) atoms. The van der Waals surface area contributed by atoms with Crippen LogP contribution >= 0.6 is 22.9 Å². The number of thiophene rings is 1. The lowest BCUT2D eigenvalue weighted by Gasteiger charge is -2.01. The zero-order valence-electron chi connectivity index (χ0n) is 9.59. The van der Waals surface area contributed by atoms with Gasteiger partial charge in [0.1, 0.15) is 11.2 Å². The summed E-state index contributed by atoms with van der Waals surface area (Å²) >= 11 is 7.40. The standard InChI is InChI=1S/C10H8ClN5OS/c1-5-3-6-7(13-9(11)14-8(6)18-5)17-10-12-4-16(2)15-10/h3-4H,1-2H3. The Kier molecular flexibility index (Phi) is 2.64. The van der Waals surface area contributed by atoms with Crippen LogP contribution in [0.2, 0.25) is 5.28 Å². The summed E-state index contributed by atoms with van der Waals surface area (Å²) in [5.41, 5.74) is 0. The Morgan fingerprint density at radius 3 is 2.94 bits per heavy atom. The summed E-state index contributed by atoms with van der Waals surface area (Å²) in [5.74, 6) is 0.376. The molecule has 3 heterocycles. The van der Waals surface area contributed by atoms with Crippen LogP contribution in [0, 0.1) is 6.92 Å². The van der Waals surface area contributed by atoms with Gasteiger partial charge in [-0.05, 0) is 24.6 Å². The number of nitrogens with zero attached hydrogens (tertiary/aromatic N) is 5. The molecular formula is C10H8ClN5OS. The van der Waals surface area contributed by atoms with Gasteiger partial charge in [-0.15, -0.1) is 16.4 Å². The van der Waals surface area contributed by atoms with Crippen molar-refractivity contribution in [3.8, 4) is 11.9 Å². The van der Waals surface area contributed by atoms with E-state index in [1.165, 1.54) is 11.3 Å². The Morgan fingerprint density at radius 2 is 2.22 bits per heavy atom. The number of aryl methyl sites for hydroxylation is 2. The fourth-order valence-electron chi connectivity index (χ4n) is 1.52. The molecular weight excluding hydrogens is 274 g/mol. The van der Waals surface area contributed by atoms with Crippen molar-refractivity contribution in [3.05, 3.63) is 22.6 Å². The van der Waals surface area contributed by atoms with Gasteiger partial charge in [-0.3, -0.25) is 4.68 Å². The maximum Gasteiger partial charge on any atom is 0.342 e. The molecule has 0 spiro atoms. The van der Waals surface area contributed by atoms with Crippen LogP contribution in [0.3, 0.4) is 0 Å². The van der Waals surface area contributed by atoms with Crippen LogP contribution in [0.15, 0.2) is 12.4 Å². The van der Waals surface area contributed by atoms with E-state index in [0.29, 0.717) is 5.88 Å². The lowest BCUT2D eigenvalue weighted by atomic mass is 10.4. The van der Waals surface area contributed by atoms with Gasteiger partial charge in [0.05, 0.1) is 5.39 Å². The number of ether oxygens (including phenoxy) is 1. The molecule has 3 aromatic rings. The van der Waals surface area contributed by atoms with Crippen LogP contribution in [-0.4, -0.2) is 24.7 Å². The van der Waals surface area contributed by atoms with Crippen molar-refractivity contribution in [2.75, 3.05) is 0 Å². The second-order valence-corrected chi connectivity index (χ2v) is 5.25. The van der Waals surface area contributed by atoms with Crippen LogP contribution in [-0.2, 0) is 7.05 Å². The quantitative estimate of drug-likeness (QED) is 0.676. The van der Waals surface area contributed by atoms with Crippen molar-refractivity contribution in [2.45, 2.75) is 6.92 Å². The van der Waals surface area contributed by atoms with Crippen LogP contribution in [0.4, 0.5) is 0 Å². The molecule has 0 N–H and O–H groups in total. The van der Waals surface area contributed by atoms with Crippen molar-refractivity contribution in [1.29, 1.82) is 0 Å². The molecule has 0 unspecified atom stereocenters. The molecule has 3 aromatic heterocycles. The van der Waals surface area contributed by atoms with E-state index in [4.69, 9.17) is 16.3 Å². The van der Waals surface area contributed by atoms with Gasteiger partial charge in [-0.2, -0.15) is 9.97 Å². The maximum absolute atomic E-state index is 5.86. The van der Waals surface area contributed by atoms with Crippen molar-refractivity contribution >= 4 is 33.2 Å². The van der Waals surface area contributed by atoms with E-state index in [9.17, 15) is 0 Å². The summed E-state index contributed by atoms with van der Waals surface area (Å²) in [5, 5.41) is 5.00. The molecule has 0 fully saturated rings. The molecule has 0 aliphatic heterocycles. The van der Waals surface area contributed by atoms with Gasteiger partial charge in [-0.1, -0.05) is 0 Å². The molecule has 0 atom stereocenters. The van der Waals surface area contributed by atoms with E-state index in [0.717, 1.165) is 15.1 Å². The van der Waals surface area contributed by atoms with Gasteiger partial charge in [0.15, 0.2) is 0 Å². The van der Waals surface area contributed by atoms with Gasteiger partial charge in [0, 0.05) is 11.9 Å². The SMILES string of the molecule is Cc1cc2c(Oc3ncn(C)n3)nc(Cl)nc2s1. The van der Waals surface area contributed by atoms with E-state index in [1.54, 1.807) is 18.1 Å². The largest absolute Gasteiger partial charge is 0.403 e. The van der Waals surface area contributed by atoms with Crippen molar-refractivity contribution < 1.29 is 4.74 Å². The number of aromatic nitrogens is 5. The maximum atomic E-state index is 5.86. The fraction of sp³-hybridized carbons (Fsp3) is 0.200. The number of fused-ring (bicyclic) bond motifs is 1. The number of rotatable bonds is 2. The molecule has 0 aliphatic carbocycles. The lowest BCUT2D eigenvalue weighted by Crippen LogP contribution is -1.94. The molecule has 0 amide bonds. The van der Waals surface area contributed by atoms with E-state index in [1.807, 2.05) is 13.0 Å². The molecule has 0 aromatic carbocycles. The first kappa shape index (κ1) is 11.4. The molecule has 6 nitrogen and oxygen atoms in total. The molecule has 0 aliphatic rings. The molecule has 0 saturated heterocycles. The second kappa shape index (κ2) is 4.18. The smallest absolute Gasteiger partial charge is 0.342 e. The zero-order chi connectivity index (χ0) is 12.7. The molecule has 92 valence electrons. The normalized spacial score (nSPS) is 11.1. The van der Waals surface area contributed by atoms with Crippen LogP contribution in [0.5, 0.6) is 11.9 Å². The lowest BCUT2D eigenvalue weighted by molar-refractivity contribution is 0.427. The van der Waals surface area contributed by atoms with Gasteiger partial charge < -0.3 is 4.74 Å². The first-order valence-electron chi connectivity index (χ1n) is 5.09. The molecule has 3 rings (SSSR count). The summed E-state index contributed by atoms with van der Waals surface area (Å²) in [7, 11) is 1.76. The molecule has 0 radical (unpaired) electrons. The van der Waals surface area contributed by atoms with E-state index in [-0.39, 0.29) is 11.3 Å². The topological polar surface area (TPSA) is 65.7 Å². The molecule has 0 bridgehead atoms. The first-order chi connectivity index (χ1) is 8.61. The van der Waals surface area contributed by atoms with Crippen LogP contribution in [0.1, 0.15) is 4.88 Å². The van der Waals surface area contributed by atoms with Crippen molar-refractivity contribution in [1.82, 2.24) is 24.7 Å². The van der Waals surface area contributed by atoms with E-state index in [2.05, 4.69) is 20.1 Å². The predicted molar refractivity (Wildman–Crippen MR) is 68.2 cm³/mol. The summed E-state index contributed by atoms with van der Waals surface area (Å²) < 4.78 is 7.08. The third-order valence-corrected chi connectivity index (χ3v) is 3.33. The monoisotopic (exact) mass is 281 g/mol. The van der Waals surface area contributed by atoms with Crippen molar-refractivity contribution in [3.63, 3.8) is 0 Å². The fourth-order valence-corrected chi connectivity index (χ4v) is 2.60. The number of hydrogen-bond acceptors (Lipinski definition) is 6. The first-order valence-corrected chi connectivity index (χ1v) is 6.28. The van der Waals surface area contributed by atoms with E-state index >= 15 is 0 Å². The minimum absolute atomic E-state index is 0.148. The Bertz CT molecular complexity index is 722. The summed E-state index contributed by atoms with van der Waals surface area (Å²) in [6.45, 7) is 1.99. The van der Waals surface area contributed by atoms with Crippen molar-refractivity contribution in [2.24, 2.45) is 7.05 Å². The molecule has 8 heteroatoms. The summed E-state index contributed by atoms with van der Waals surface area (Å²) in [4.78, 5) is 14.1. The van der Waals surface area contributed by atoms with Gasteiger partial charge in [0.25, 0.3) is 0 Å². The average molecular weight is 282 g/mol. The Hall–Kier alpha value is -1.73. The number of hydrogen-bond donors (Lipinski definition) is 0. The highest BCUT2D eigenvalue weighted by Crippen LogP contribution is 2.32. The van der Waals surface area contributed by atoms with Gasteiger partial charge in [0.2, 0.25) is 11.2 Å². The van der Waals surface area contributed by atoms with Crippen LogP contribution in [0.25, 0.3) is 10.2 Å². The predicted octanol–water partition coefficient (Wildman–Crippen LogP) is 2.57. The van der Waals surface area contributed by atoms with E-state index < -0.39 is 0 Å². The Labute approximate surface area is 111 Å². The third kappa shape index (κ3) is 2.02. The Balaban J connectivity index is 2.10. The van der Waals surface area contributed by atoms with Gasteiger partial charge in [-0.25, -0.2) is 4.98 Å². The average Bonchev–Trinajstić information content (AvgIpc) is 2.84. The zero-order valence-corrected chi connectivity index (χ0v) is 11.2. The summed E-state index contributed by atoms with van der Waals surface area (Å²) in [6.07, 6.45) is 1.55. The number of halogens is 1. The second-order valence-electron chi connectivity index (χ2n) is 3.68. The van der Waals surface area contributed by atoms with Crippen LogP contribution < -0.4 is 4.74 Å². The summed E-state index contributed by atoms with van der Waals surface area (Å²) in [6, 6.07) is 2.19. The molecule has 0 saturated carbocycles. The Morgan fingerprint density at radius 1 is 1.39 bits per heavy atom. The highest BCUT2D eigenvalue weighted by Gasteiger charge is 2.13. The minimum atomic E-state index is 0.148. The highest BCUT2D eigenvalue weighted by atomic mass is 35.5. The highest BCUT2D eigenvalue weighted by molar-refractivity contribution is 7.18. The minimum Gasteiger partial charge on any atom is -0.403 e. The third-order valence-electron chi connectivity index (χ3n) is 2.22.